The Hall–Kier alpha value is -2.51. The summed E-state index contributed by atoms with van der Waals surface area (Å²) >= 11 is 0. The number of rotatable bonds is 4. The lowest BCUT2D eigenvalue weighted by molar-refractivity contribution is -0.119. The van der Waals surface area contributed by atoms with Crippen LogP contribution in [0.2, 0.25) is 0 Å². The molecule has 2 aromatic rings. The van der Waals surface area contributed by atoms with Crippen molar-refractivity contribution >= 4 is 11.6 Å². The molecule has 0 bridgehead atoms. The predicted molar refractivity (Wildman–Crippen MR) is 97.3 cm³/mol. The molecule has 1 aromatic carbocycles. The third-order valence-electron chi connectivity index (χ3n) is 5.04. The van der Waals surface area contributed by atoms with Crippen LogP contribution in [-0.2, 0) is 16.1 Å². The first-order chi connectivity index (χ1) is 12.7. The molecule has 1 atom stereocenters. The van der Waals surface area contributed by atoms with Gasteiger partial charge >= 0.3 is 5.69 Å². The van der Waals surface area contributed by atoms with E-state index in [2.05, 4.69) is 16.0 Å². The summed E-state index contributed by atoms with van der Waals surface area (Å²) in [6, 6.07) is 9.72. The van der Waals surface area contributed by atoms with Crippen molar-refractivity contribution in [1.29, 1.82) is 0 Å². The number of aromatic nitrogens is 2. The van der Waals surface area contributed by atoms with Crippen LogP contribution in [0.4, 0.5) is 5.69 Å². The lowest BCUT2D eigenvalue weighted by Crippen LogP contribution is -2.41. The summed E-state index contributed by atoms with van der Waals surface area (Å²) < 4.78 is 6.77. The Bertz CT molecular complexity index is 844. The van der Waals surface area contributed by atoms with Crippen LogP contribution in [0.15, 0.2) is 47.5 Å². The minimum Gasteiger partial charge on any atom is -0.379 e. The molecule has 1 amide bonds. The van der Waals surface area contributed by atoms with Crippen LogP contribution in [0.25, 0.3) is 0 Å². The van der Waals surface area contributed by atoms with Crippen molar-refractivity contribution in [2.75, 3.05) is 44.3 Å². The SMILES string of the molecule is O=C(Cn1cccnc1=O)N1CC(CN2CCOCC2)c2ccccc21. The molecule has 0 spiro atoms. The molecular formula is C19H22N4O3. The molecule has 136 valence electrons. The number of fused-ring (bicyclic) bond motifs is 1. The van der Waals surface area contributed by atoms with E-state index >= 15 is 0 Å². The molecule has 3 heterocycles. The number of carbonyl (C=O) groups is 1. The number of hydrogen-bond acceptors (Lipinski definition) is 5. The average Bonchev–Trinajstić information content (AvgIpc) is 3.03. The monoisotopic (exact) mass is 354 g/mol. The van der Waals surface area contributed by atoms with Gasteiger partial charge in [0, 0.05) is 50.2 Å². The van der Waals surface area contributed by atoms with E-state index in [0.717, 1.165) is 38.5 Å². The highest BCUT2D eigenvalue weighted by Crippen LogP contribution is 2.36. The van der Waals surface area contributed by atoms with E-state index in [1.165, 1.54) is 16.3 Å². The van der Waals surface area contributed by atoms with Crippen molar-refractivity contribution in [1.82, 2.24) is 14.5 Å². The van der Waals surface area contributed by atoms with Gasteiger partial charge in [-0.2, -0.15) is 0 Å². The minimum absolute atomic E-state index is 0.00524. The minimum atomic E-state index is -0.404. The maximum Gasteiger partial charge on any atom is 0.347 e. The van der Waals surface area contributed by atoms with E-state index in [1.54, 1.807) is 17.2 Å². The van der Waals surface area contributed by atoms with Gasteiger partial charge in [-0.05, 0) is 17.7 Å². The maximum absolute atomic E-state index is 12.9. The van der Waals surface area contributed by atoms with Crippen LogP contribution in [0.5, 0.6) is 0 Å². The number of carbonyl (C=O) groups excluding carboxylic acids is 1. The zero-order valence-electron chi connectivity index (χ0n) is 14.6. The summed E-state index contributed by atoms with van der Waals surface area (Å²) in [5.41, 5.74) is 1.75. The molecule has 1 aromatic heterocycles. The molecule has 1 unspecified atom stereocenters. The Labute approximate surface area is 151 Å². The first kappa shape index (κ1) is 16.9. The number of hydrogen-bond donors (Lipinski definition) is 0. The summed E-state index contributed by atoms with van der Waals surface area (Å²) in [6.07, 6.45) is 3.03. The Morgan fingerprint density at radius 2 is 2.00 bits per heavy atom. The van der Waals surface area contributed by atoms with Crippen LogP contribution in [0.1, 0.15) is 11.5 Å². The van der Waals surface area contributed by atoms with Crippen LogP contribution in [0.3, 0.4) is 0 Å². The van der Waals surface area contributed by atoms with Crippen LogP contribution < -0.4 is 10.6 Å². The summed E-state index contributed by atoms with van der Waals surface area (Å²) in [5, 5.41) is 0. The van der Waals surface area contributed by atoms with E-state index in [-0.39, 0.29) is 18.4 Å². The molecule has 0 saturated carbocycles. The Morgan fingerprint density at radius 1 is 1.19 bits per heavy atom. The Kier molecular flexibility index (Phi) is 4.81. The normalized spacial score (nSPS) is 20.2. The first-order valence-corrected chi connectivity index (χ1v) is 8.93. The number of anilines is 1. The number of benzene rings is 1. The number of amides is 1. The smallest absolute Gasteiger partial charge is 0.347 e. The molecule has 26 heavy (non-hydrogen) atoms. The van der Waals surface area contributed by atoms with Crippen molar-refractivity contribution in [3.8, 4) is 0 Å². The number of nitrogens with zero attached hydrogens (tertiary/aromatic N) is 4. The lowest BCUT2D eigenvalue weighted by Gasteiger charge is -2.29. The molecular weight excluding hydrogens is 332 g/mol. The molecule has 2 aliphatic heterocycles. The highest BCUT2D eigenvalue weighted by molar-refractivity contribution is 5.95. The van der Waals surface area contributed by atoms with Crippen molar-refractivity contribution in [2.45, 2.75) is 12.5 Å². The largest absolute Gasteiger partial charge is 0.379 e. The number of morpholine rings is 1. The lowest BCUT2D eigenvalue weighted by atomic mass is 10.0. The molecule has 1 saturated heterocycles. The van der Waals surface area contributed by atoms with Crippen molar-refractivity contribution < 1.29 is 9.53 Å². The standard InChI is InChI=1S/C19H22N4O3/c24-18(14-22-7-3-6-20-19(22)25)23-13-15(12-21-8-10-26-11-9-21)16-4-1-2-5-17(16)23/h1-7,15H,8-14H2. The third kappa shape index (κ3) is 3.40. The molecule has 7 nitrogen and oxygen atoms in total. The number of para-hydroxylation sites is 1. The van der Waals surface area contributed by atoms with E-state index in [1.807, 2.05) is 18.2 Å². The van der Waals surface area contributed by atoms with E-state index in [0.29, 0.717) is 6.54 Å². The highest BCUT2D eigenvalue weighted by Gasteiger charge is 2.33. The van der Waals surface area contributed by atoms with Gasteiger partial charge in [0.15, 0.2) is 0 Å². The van der Waals surface area contributed by atoms with Gasteiger partial charge in [-0.3, -0.25) is 14.3 Å². The van der Waals surface area contributed by atoms with Gasteiger partial charge in [0.05, 0.1) is 13.2 Å². The van der Waals surface area contributed by atoms with E-state index < -0.39 is 5.69 Å². The maximum atomic E-state index is 12.9. The summed E-state index contributed by atoms with van der Waals surface area (Å²) in [7, 11) is 0. The zero-order valence-corrected chi connectivity index (χ0v) is 14.6. The van der Waals surface area contributed by atoms with Gasteiger partial charge in [-0.1, -0.05) is 18.2 Å². The van der Waals surface area contributed by atoms with Gasteiger partial charge in [0.25, 0.3) is 0 Å². The van der Waals surface area contributed by atoms with E-state index in [4.69, 9.17) is 4.74 Å². The van der Waals surface area contributed by atoms with Gasteiger partial charge in [0.2, 0.25) is 5.91 Å². The summed E-state index contributed by atoms with van der Waals surface area (Å²) in [5.74, 6) is 0.191. The van der Waals surface area contributed by atoms with Gasteiger partial charge in [-0.25, -0.2) is 9.78 Å². The topological polar surface area (TPSA) is 67.7 Å². The quantitative estimate of drug-likeness (QED) is 0.809. The second-order valence-corrected chi connectivity index (χ2v) is 6.70. The second kappa shape index (κ2) is 7.39. The highest BCUT2D eigenvalue weighted by atomic mass is 16.5. The van der Waals surface area contributed by atoms with Gasteiger partial charge in [0.1, 0.15) is 6.54 Å². The summed E-state index contributed by atoms with van der Waals surface area (Å²) in [6.45, 7) is 4.95. The van der Waals surface area contributed by atoms with Crippen LogP contribution in [0, 0.1) is 0 Å². The fraction of sp³-hybridized carbons (Fsp3) is 0.421. The first-order valence-electron chi connectivity index (χ1n) is 8.93. The molecule has 0 aliphatic carbocycles. The Balaban J connectivity index is 1.52. The van der Waals surface area contributed by atoms with Crippen molar-refractivity contribution in [3.63, 3.8) is 0 Å². The molecule has 7 heteroatoms. The Morgan fingerprint density at radius 3 is 2.81 bits per heavy atom. The van der Waals surface area contributed by atoms with Crippen LogP contribution >= 0.6 is 0 Å². The van der Waals surface area contributed by atoms with Crippen LogP contribution in [-0.4, -0.2) is 59.8 Å². The molecule has 1 fully saturated rings. The third-order valence-corrected chi connectivity index (χ3v) is 5.04. The van der Waals surface area contributed by atoms with Crippen molar-refractivity contribution in [3.05, 3.63) is 58.8 Å². The van der Waals surface area contributed by atoms with Crippen molar-refractivity contribution in [2.24, 2.45) is 0 Å². The molecule has 2 aliphatic rings. The molecule has 0 N–H and O–H groups in total. The van der Waals surface area contributed by atoms with Gasteiger partial charge < -0.3 is 9.64 Å². The number of ether oxygens (including phenoxy) is 1. The predicted octanol–water partition coefficient (Wildman–Crippen LogP) is 0.706. The average molecular weight is 354 g/mol. The van der Waals surface area contributed by atoms with Gasteiger partial charge in [-0.15, -0.1) is 0 Å². The summed E-state index contributed by atoms with van der Waals surface area (Å²) in [4.78, 5) is 32.6. The molecule has 0 radical (unpaired) electrons. The fourth-order valence-electron chi connectivity index (χ4n) is 3.72. The zero-order chi connectivity index (χ0) is 17.9. The fourth-order valence-corrected chi connectivity index (χ4v) is 3.72. The second-order valence-electron chi connectivity index (χ2n) is 6.70. The molecule has 4 rings (SSSR count). The van der Waals surface area contributed by atoms with E-state index in [9.17, 15) is 9.59 Å².